The number of nitrogens with two attached hydrogens (primary N) is 1. The Balaban J connectivity index is 2.84. The smallest absolute Gasteiger partial charge is 0.319 e. The van der Waals surface area contributed by atoms with E-state index in [9.17, 15) is 9.59 Å². The van der Waals surface area contributed by atoms with E-state index in [0.29, 0.717) is 18.4 Å². The minimum absolute atomic E-state index is 0.100. The van der Waals surface area contributed by atoms with E-state index in [-0.39, 0.29) is 31.1 Å². The molecule has 0 radical (unpaired) electrons. The van der Waals surface area contributed by atoms with Crippen LogP contribution in [0.2, 0.25) is 0 Å². The summed E-state index contributed by atoms with van der Waals surface area (Å²) in [6.07, 6.45) is 4.28. The van der Waals surface area contributed by atoms with E-state index in [1.165, 1.54) is 20.6 Å². The molecule has 3 unspecified atom stereocenters. The maximum absolute atomic E-state index is 11.6. The average molecular weight is 300 g/mol. The van der Waals surface area contributed by atoms with Gasteiger partial charge in [0.1, 0.15) is 0 Å². The first-order valence-corrected chi connectivity index (χ1v) is 7.63. The van der Waals surface area contributed by atoms with Gasteiger partial charge in [-0.05, 0) is 31.2 Å². The second-order valence-corrected chi connectivity index (χ2v) is 5.71. The molecule has 1 rings (SSSR count). The number of carbonyl (C=O) groups is 2. The third-order valence-corrected chi connectivity index (χ3v) is 4.53. The molecule has 1 aliphatic carbocycles. The quantitative estimate of drug-likeness (QED) is 0.700. The van der Waals surface area contributed by atoms with Gasteiger partial charge in [0.15, 0.2) is 0 Å². The number of ether oxygens (including phenoxy) is 2. The highest BCUT2D eigenvalue weighted by molar-refractivity contribution is 5.75. The molecule has 0 spiro atoms. The van der Waals surface area contributed by atoms with E-state index in [2.05, 4.69) is 6.92 Å². The summed E-state index contributed by atoms with van der Waals surface area (Å²) in [6, 6.07) is 0.131. The number of methoxy groups -OCH3 is 2. The summed E-state index contributed by atoms with van der Waals surface area (Å²) in [5, 5.41) is 0. The van der Waals surface area contributed by atoms with Gasteiger partial charge in [-0.1, -0.05) is 19.8 Å². The van der Waals surface area contributed by atoms with E-state index in [1.54, 1.807) is 0 Å². The van der Waals surface area contributed by atoms with Crippen LogP contribution in [0.1, 0.15) is 32.6 Å². The Morgan fingerprint density at radius 2 is 1.71 bits per heavy atom. The van der Waals surface area contributed by atoms with Crippen molar-refractivity contribution < 1.29 is 19.1 Å². The van der Waals surface area contributed by atoms with Crippen LogP contribution < -0.4 is 5.73 Å². The Labute approximate surface area is 126 Å². The minimum atomic E-state index is -0.340. The summed E-state index contributed by atoms with van der Waals surface area (Å²) in [5.41, 5.74) is 5.89. The standard InChI is InChI=1S/C15H28N2O4/c1-4-11-5-6-12(8-16)13(7-11)17(9-14(18)20-2)10-15(19)21-3/h11-13H,4-10,16H2,1-3H3. The molecule has 0 aromatic carbocycles. The summed E-state index contributed by atoms with van der Waals surface area (Å²) < 4.78 is 9.49. The molecule has 0 bridgehead atoms. The van der Waals surface area contributed by atoms with Gasteiger partial charge < -0.3 is 15.2 Å². The second-order valence-electron chi connectivity index (χ2n) is 5.71. The van der Waals surface area contributed by atoms with Crippen molar-refractivity contribution in [1.82, 2.24) is 4.90 Å². The number of esters is 2. The summed E-state index contributed by atoms with van der Waals surface area (Å²) in [6.45, 7) is 2.95. The van der Waals surface area contributed by atoms with E-state index in [4.69, 9.17) is 15.2 Å². The summed E-state index contributed by atoms with van der Waals surface area (Å²) in [4.78, 5) is 25.1. The van der Waals surface area contributed by atoms with Crippen molar-refractivity contribution in [3.8, 4) is 0 Å². The molecule has 122 valence electrons. The minimum Gasteiger partial charge on any atom is -0.468 e. The van der Waals surface area contributed by atoms with Gasteiger partial charge in [-0.25, -0.2) is 0 Å². The van der Waals surface area contributed by atoms with Crippen molar-refractivity contribution in [2.24, 2.45) is 17.6 Å². The number of hydrogen-bond donors (Lipinski definition) is 1. The molecular weight excluding hydrogens is 272 g/mol. The predicted molar refractivity (Wildman–Crippen MR) is 79.6 cm³/mol. The van der Waals surface area contributed by atoms with Crippen LogP contribution in [-0.2, 0) is 19.1 Å². The van der Waals surface area contributed by atoms with Crippen LogP contribution in [0.4, 0.5) is 0 Å². The fourth-order valence-corrected chi connectivity index (χ4v) is 3.14. The summed E-state index contributed by atoms with van der Waals surface area (Å²) in [7, 11) is 2.71. The summed E-state index contributed by atoms with van der Waals surface area (Å²) >= 11 is 0. The highest BCUT2D eigenvalue weighted by atomic mass is 16.5. The molecule has 1 saturated carbocycles. The molecule has 1 aliphatic rings. The molecule has 2 N–H and O–H groups in total. The lowest BCUT2D eigenvalue weighted by Gasteiger charge is -2.41. The first-order chi connectivity index (χ1) is 10.0. The van der Waals surface area contributed by atoms with E-state index >= 15 is 0 Å². The lowest BCUT2D eigenvalue weighted by atomic mass is 9.76. The Kier molecular flexibility index (Phi) is 7.67. The third-order valence-electron chi connectivity index (χ3n) is 4.53. The van der Waals surface area contributed by atoms with Crippen molar-refractivity contribution in [3.05, 3.63) is 0 Å². The Hall–Kier alpha value is -1.14. The number of hydrogen-bond acceptors (Lipinski definition) is 6. The second kappa shape index (κ2) is 9.00. The molecule has 0 heterocycles. The molecule has 0 saturated heterocycles. The molecule has 3 atom stereocenters. The molecule has 6 nitrogen and oxygen atoms in total. The predicted octanol–water partition coefficient (Wildman–Crippen LogP) is 0.788. The molecule has 1 fully saturated rings. The maximum atomic E-state index is 11.6. The van der Waals surface area contributed by atoms with Gasteiger partial charge in [-0.3, -0.25) is 14.5 Å². The first-order valence-electron chi connectivity index (χ1n) is 7.63. The van der Waals surface area contributed by atoms with Crippen LogP contribution in [0.5, 0.6) is 0 Å². The van der Waals surface area contributed by atoms with Crippen LogP contribution in [0.15, 0.2) is 0 Å². The van der Waals surface area contributed by atoms with Crippen molar-refractivity contribution >= 4 is 11.9 Å². The number of nitrogens with zero attached hydrogens (tertiary/aromatic N) is 1. The third kappa shape index (κ3) is 5.28. The van der Waals surface area contributed by atoms with Crippen molar-refractivity contribution in [2.45, 2.75) is 38.6 Å². The molecule has 0 aliphatic heterocycles. The average Bonchev–Trinajstić information content (AvgIpc) is 2.52. The van der Waals surface area contributed by atoms with E-state index in [1.807, 2.05) is 4.90 Å². The molecular formula is C15H28N2O4. The van der Waals surface area contributed by atoms with Gasteiger partial charge in [0.05, 0.1) is 27.3 Å². The highest BCUT2D eigenvalue weighted by Crippen LogP contribution is 2.33. The normalized spacial score (nSPS) is 25.7. The largest absolute Gasteiger partial charge is 0.468 e. The molecule has 0 aromatic heterocycles. The zero-order valence-electron chi connectivity index (χ0n) is 13.3. The van der Waals surface area contributed by atoms with Gasteiger partial charge in [0, 0.05) is 6.04 Å². The lowest BCUT2D eigenvalue weighted by molar-refractivity contribution is -0.147. The van der Waals surface area contributed by atoms with Gasteiger partial charge in [0.25, 0.3) is 0 Å². The van der Waals surface area contributed by atoms with Crippen LogP contribution >= 0.6 is 0 Å². The molecule has 0 amide bonds. The van der Waals surface area contributed by atoms with Gasteiger partial charge in [-0.2, -0.15) is 0 Å². The molecule has 6 heteroatoms. The van der Waals surface area contributed by atoms with Crippen molar-refractivity contribution in [2.75, 3.05) is 33.9 Å². The molecule has 21 heavy (non-hydrogen) atoms. The van der Waals surface area contributed by atoms with Crippen molar-refractivity contribution in [1.29, 1.82) is 0 Å². The van der Waals surface area contributed by atoms with Crippen LogP contribution in [0.25, 0.3) is 0 Å². The van der Waals surface area contributed by atoms with E-state index in [0.717, 1.165) is 19.3 Å². The summed E-state index contributed by atoms with van der Waals surface area (Å²) in [5.74, 6) is 0.249. The monoisotopic (exact) mass is 300 g/mol. The van der Waals surface area contributed by atoms with Crippen LogP contribution in [-0.4, -0.2) is 56.7 Å². The topological polar surface area (TPSA) is 81.9 Å². The fourth-order valence-electron chi connectivity index (χ4n) is 3.14. The van der Waals surface area contributed by atoms with Crippen molar-refractivity contribution in [3.63, 3.8) is 0 Å². The Bertz CT molecular complexity index is 331. The number of rotatable bonds is 7. The maximum Gasteiger partial charge on any atom is 0.319 e. The zero-order chi connectivity index (χ0) is 15.8. The Morgan fingerprint density at radius 1 is 1.14 bits per heavy atom. The Morgan fingerprint density at radius 3 is 2.14 bits per heavy atom. The number of carbonyl (C=O) groups excluding carboxylic acids is 2. The van der Waals surface area contributed by atoms with Gasteiger partial charge in [0.2, 0.25) is 0 Å². The van der Waals surface area contributed by atoms with E-state index < -0.39 is 0 Å². The SMILES string of the molecule is CCC1CCC(CN)C(N(CC(=O)OC)CC(=O)OC)C1. The zero-order valence-corrected chi connectivity index (χ0v) is 13.3. The van der Waals surface area contributed by atoms with Gasteiger partial charge in [-0.15, -0.1) is 0 Å². The fraction of sp³-hybridized carbons (Fsp3) is 0.867. The van der Waals surface area contributed by atoms with Gasteiger partial charge >= 0.3 is 11.9 Å². The lowest BCUT2D eigenvalue weighted by Crippen LogP contribution is -2.50. The van der Waals surface area contributed by atoms with Crippen LogP contribution in [0, 0.1) is 11.8 Å². The first kappa shape index (κ1) is 17.9. The van der Waals surface area contributed by atoms with Crippen LogP contribution in [0.3, 0.4) is 0 Å². The molecule has 0 aromatic rings. The highest BCUT2D eigenvalue weighted by Gasteiger charge is 2.35.